The van der Waals surface area contributed by atoms with Gasteiger partial charge in [-0.3, -0.25) is 45.6 Å². The number of ether oxygens (including phenoxy) is 1. The van der Waals surface area contributed by atoms with E-state index in [0.29, 0.717) is 5.56 Å². The molecular weight excluding hydrogens is 500 g/mol. The number of hydrazone groups is 1. The summed E-state index contributed by atoms with van der Waals surface area (Å²) in [5.41, 5.74) is 7.26. The molecule has 1 fully saturated rings. The zero-order valence-electron chi connectivity index (χ0n) is 19.2. The summed E-state index contributed by atoms with van der Waals surface area (Å²) in [7, 11) is 0. The number of carbonyl (C=O) groups excluding carboxylic acids is 2. The van der Waals surface area contributed by atoms with E-state index in [1.54, 1.807) is 12.1 Å². The van der Waals surface area contributed by atoms with Gasteiger partial charge in [-0.25, -0.2) is 10.9 Å². The van der Waals surface area contributed by atoms with Crippen LogP contribution in [0.1, 0.15) is 32.4 Å². The SMILES string of the molecule is N=C1O[C@@H](c2ccncc2)[C@@H](NNC(=O)c2cccc([N+](=O)[O-])c2)/C1=N/NC(=O)c1cccc([N+](=O)[O-])c1. The number of nitro groups is 2. The van der Waals surface area contributed by atoms with E-state index in [2.05, 4.69) is 26.4 Å². The number of hydrogen-bond donors (Lipinski definition) is 4. The Morgan fingerprint density at radius 2 is 1.50 bits per heavy atom. The van der Waals surface area contributed by atoms with E-state index in [4.69, 9.17) is 10.1 Å². The van der Waals surface area contributed by atoms with Crippen LogP contribution in [0.2, 0.25) is 0 Å². The van der Waals surface area contributed by atoms with Crippen LogP contribution in [0.5, 0.6) is 0 Å². The van der Waals surface area contributed by atoms with E-state index in [9.17, 15) is 29.8 Å². The first-order chi connectivity index (χ1) is 18.2. The molecule has 15 heteroatoms. The fraction of sp³-hybridized carbons (Fsp3) is 0.0870. The quantitative estimate of drug-likeness (QED) is 0.253. The lowest BCUT2D eigenvalue weighted by Gasteiger charge is -2.19. The smallest absolute Gasteiger partial charge is 0.271 e. The maximum atomic E-state index is 12.7. The third-order valence-electron chi connectivity index (χ3n) is 5.37. The molecule has 2 aromatic carbocycles. The van der Waals surface area contributed by atoms with Crippen molar-refractivity contribution in [2.75, 3.05) is 0 Å². The van der Waals surface area contributed by atoms with E-state index in [-0.39, 0.29) is 28.2 Å². The second kappa shape index (κ2) is 11.0. The van der Waals surface area contributed by atoms with Gasteiger partial charge in [0.05, 0.1) is 9.85 Å². The van der Waals surface area contributed by atoms with Crippen LogP contribution in [0.3, 0.4) is 0 Å². The molecule has 0 saturated carbocycles. The van der Waals surface area contributed by atoms with Gasteiger partial charge in [0.1, 0.15) is 17.9 Å². The van der Waals surface area contributed by atoms with E-state index in [1.165, 1.54) is 48.8 Å². The number of nitrogens with one attached hydrogen (secondary N) is 4. The Hall–Kier alpha value is -5.57. The molecule has 2 heterocycles. The molecular formula is C23H18N8O7. The number of hydrogen-bond acceptors (Lipinski definition) is 11. The highest BCUT2D eigenvalue weighted by atomic mass is 16.6. The van der Waals surface area contributed by atoms with E-state index < -0.39 is 39.7 Å². The summed E-state index contributed by atoms with van der Waals surface area (Å²) in [4.78, 5) is 49.9. The highest BCUT2D eigenvalue weighted by Gasteiger charge is 2.41. The number of pyridine rings is 1. The number of amides is 2. The van der Waals surface area contributed by atoms with Gasteiger partial charge in [0.15, 0.2) is 0 Å². The summed E-state index contributed by atoms with van der Waals surface area (Å²) in [5.74, 6) is -1.89. The first-order valence-electron chi connectivity index (χ1n) is 10.8. The monoisotopic (exact) mass is 518 g/mol. The van der Waals surface area contributed by atoms with Gasteiger partial charge < -0.3 is 4.74 Å². The van der Waals surface area contributed by atoms with Crippen molar-refractivity contribution in [3.05, 3.63) is 110 Å². The minimum absolute atomic E-state index is 0.00128. The van der Waals surface area contributed by atoms with Crippen molar-refractivity contribution in [2.24, 2.45) is 5.10 Å². The number of rotatable bonds is 8. The Labute approximate surface area is 213 Å². The Morgan fingerprint density at radius 1 is 0.921 bits per heavy atom. The zero-order chi connectivity index (χ0) is 27.2. The molecule has 2 amide bonds. The van der Waals surface area contributed by atoms with Crippen molar-refractivity contribution in [3.8, 4) is 0 Å². The van der Waals surface area contributed by atoms with Gasteiger partial charge in [-0.05, 0) is 29.8 Å². The summed E-state index contributed by atoms with van der Waals surface area (Å²) < 4.78 is 5.63. The van der Waals surface area contributed by atoms with Crippen molar-refractivity contribution in [1.29, 1.82) is 5.41 Å². The number of hydrazine groups is 1. The topological polar surface area (TPSA) is 215 Å². The van der Waals surface area contributed by atoms with Crippen LogP contribution in [-0.4, -0.2) is 44.3 Å². The predicted octanol–water partition coefficient (Wildman–Crippen LogP) is 2.04. The lowest BCUT2D eigenvalue weighted by Crippen LogP contribution is -2.49. The van der Waals surface area contributed by atoms with Crippen LogP contribution in [0, 0.1) is 25.6 Å². The van der Waals surface area contributed by atoms with Gasteiger partial charge in [-0.2, -0.15) is 5.10 Å². The number of nitrogens with zero attached hydrogens (tertiary/aromatic N) is 4. The van der Waals surface area contributed by atoms with E-state index >= 15 is 0 Å². The van der Waals surface area contributed by atoms with E-state index in [0.717, 1.165) is 12.1 Å². The lowest BCUT2D eigenvalue weighted by atomic mass is 10.0. The van der Waals surface area contributed by atoms with Crippen LogP contribution in [0.4, 0.5) is 11.4 Å². The molecule has 1 aliphatic heterocycles. The Morgan fingerprint density at radius 3 is 2.08 bits per heavy atom. The fourth-order valence-corrected chi connectivity index (χ4v) is 3.53. The average Bonchev–Trinajstić information content (AvgIpc) is 3.25. The Kier molecular flexibility index (Phi) is 7.39. The van der Waals surface area contributed by atoms with Crippen LogP contribution < -0.4 is 16.3 Å². The number of non-ortho nitro benzene ring substituents is 2. The molecule has 0 unspecified atom stereocenters. The van der Waals surface area contributed by atoms with Crippen LogP contribution in [-0.2, 0) is 4.74 Å². The first-order valence-corrected chi connectivity index (χ1v) is 10.8. The normalized spacial score (nSPS) is 17.5. The molecule has 192 valence electrons. The second-order valence-electron chi connectivity index (χ2n) is 7.78. The Balaban J connectivity index is 1.57. The molecule has 1 saturated heterocycles. The van der Waals surface area contributed by atoms with Gasteiger partial charge in [-0.1, -0.05) is 12.1 Å². The molecule has 0 bridgehead atoms. The highest BCUT2D eigenvalue weighted by Crippen LogP contribution is 2.28. The van der Waals surface area contributed by atoms with Crippen LogP contribution in [0.25, 0.3) is 0 Å². The van der Waals surface area contributed by atoms with Crippen LogP contribution >= 0.6 is 0 Å². The first kappa shape index (κ1) is 25.5. The van der Waals surface area contributed by atoms with Gasteiger partial charge >= 0.3 is 0 Å². The molecule has 38 heavy (non-hydrogen) atoms. The molecule has 0 aliphatic carbocycles. The standard InChI is InChI=1S/C23H18N8O7/c24-21-19(27-29-23(33)15-4-2-6-17(12-15)31(36)37)18(20(38-21)13-7-9-25-10-8-13)26-28-22(32)14-3-1-5-16(11-14)30(34)35/h1-12,18,20,24,26H,(H,28,32)(H,29,33)/b24-21?,27-19-/t18-,20-/m0/s1. The fourth-order valence-electron chi connectivity index (χ4n) is 3.53. The van der Waals surface area contributed by atoms with Crippen molar-refractivity contribution in [1.82, 2.24) is 21.3 Å². The van der Waals surface area contributed by atoms with Gasteiger partial charge in [0.25, 0.3) is 23.2 Å². The summed E-state index contributed by atoms with van der Waals surface area (Å²) >= 11 is 0. The number of carbonyl (C=O) groups is 2. The van der Waals surface area contributed by atoms with Gasteiger partial charge in [0.2, 0.25) is 5.90 Å². The number of benzene rings is 2. The van der Waals surface area contributed by atoms with Gasteiger partial charge in [-0.15, -0.1) is 0 Å². The molecule has 4 rings (SSSR count). The molecule has 2 atom stereocenters. The van der Waals surface area contributed by atoms with Crippen molar-refractivity contribution >= 4 is 34.8 Å². The number of aromatic nitrogens is 1. The molecule has 0 radical (unpaired) electrons. The van der Waals surface area contributed by atoms with Crippen LogP contribution in [0.15, 0.2) is 78.2 Å². The third-order valence-corrected chi connectivity index (χ3v) is 5.37. The Bertz CT molecular complexity index is 1460. The molecule has 4 N–H and O–H groups in total. The third kappa shape index (κ3) is 5.63. The van der Waals surface area contributed by atoms with Gasteiger partial charge in [0, 0.05) is 47.8 Å². The predicted molar refractivity (Wildman–Crippen MR) is 131 cm³/mol. The largest absolute Gasteiger partial charge is 0.466 e. The summed E-state index contributed by atoms with van der Waals surface area (Å²) in [6.07, 6.45) is 2.13. The van der Waals surface area contributed by atoms with Crippen molar-refractivity contribution in [2.45, 2.75) is 12.1 Å². The maximum Gasteiger partial charge on any atom is 0.271 e. The minimum Gasteiger partial charge on any atom is -0.466 e. The van der Waals surface area contributed by atoms with E-state index in [1.807, 2.05) is 0 Å². The van der Waals surface area contributed by atoms with Crippen molar-refractivity contribution in [3.63, 3.8) is 0 Å². The summed E-state index contributed by atoms with van der Waals surface area (Å²) in [5, 5.41) is 34.3. The van der Waals surface area contributed by atoms with Crippen molar-refractivity contribution < 1.29 is 24.2 Å². The molecule has 1 aliphatic rings. The number of nitro benzene ring substituents is 2. The molecule has 1 aromatic heterocycles. The highest BCUT2D eigenvalue weighted by molar-refractivity contribution is 6.41. The maximum absolute atomic E-state index is 12.7. The second-order valence-corrected chi connectivity index (χ2v) is 7.78. The zero-order valence-corrected chi connectivity index (χ0v) is 19.2. The minimum atomic E-state index is -0.988. The lowest BCUT2D eigenvalue weighted by molar-refractivity contribution is -0.385. The molecule has 3 aromatic rings. The average molecular weight is 518 g/mol. The molecule has 0 spiro atoms. The summed E-state index contributed by atoms with van der Waals surface area (Å²) in [6.45, 7) is 0. The molecule has 15 nitrogen and oxygen atoms in total. The summed E-state index contributed by atoms with van der Waals surface area (Å²) in [6, 6.07) is 12.3.